The molecule has 1 aliphatic rings. The van der Waals surface area contributed by atoms with Crippen molar-refractivity contribution in [1.82, 2.24) is 26.2 Å². The van der Waals surface area contributed by atoms with Gasteiger partial charge in [0.1, 0.15) is 18.1 Å². The maximum Gasteiger partial charge on any atom is 0.407 e. The summed E-state index contributed by atoms with van der Waals surface area (Å²) in [5, 5.41) is 18.5. The summed E-state index contributed by atoms with van der Waals surface area (Å²) in [6.07, 6.45) is -1.06. The Kier molecular flexibility index (Phi) is 18.4. The number of ether oxygens (including phenoxy) is 2. The summed E-state index contributed by atoms with van der Waals surface area (Å²) in [6, 6.07) is 4.66. The Morgan fingerprint density at radius 2 is 1.62 bits per heavy atom. The number of amides is 6. The molecule has 2 rings (SSSR count). The number of nitrogens with two attached hydrogens (primary N) is 1. The molecule has 6 amide bonds. The number of carbonyl (C=O) groups is 8. The highest BCUT2D eigenvalue weighted by molar-refractivity contribution is 6.38. The molecule has 0 spiro atoms. The van der Waals surface area contributed by atoms with Gasteiger partial charge in [0.25, 0.3) is 5.91 Å². The molecule has 1 aromatic carbocycles. The van der Waals surface area contributed by atoms with Gasteiger partial charge in [-0.3, -0.25) is 33.6 Å². The van der Waals surface area contributed by atoms with Gasteiger partial charge in [0, 0.05) is 19.4 Å². The van der Waals surface area contributed by atoms with E-state index in [0.29, 0.717) is 6.42 Å². The van der Waals surface area contributed by atoms with Crippen molar-refractivity contribution in [2.45, 2.75) is 110 Å². The van der Waals surface area contributed by atoms with Gasteiger partial charge in [-0.2, -0.15) is 0 Å². The number of rotatable bonds is 22. The number of nitrogens with one attached hydrogen (secondary N) is 4. The van der Waals surface area contributed by atoms with Crippen LogP contribution in [0.15, 0.2) is 30.3 Å². The van der Waals surface area contributed by atoms with Crippen molar-refractivity contribution < 1.29 is 52.9 Å². The Morgan fingerprint density at radius 1 is 0.943 bits per heavy atom. The molecule has 53 heavy (non-hydrogen) atoms. The first kappa shape index (κ1) is 44.1. The van der Waals surface area contributed by atoms with Crippen molar-refractivity contribution in [2.75, 3.05) is 19.7 Å². The average Bonchev–Trinajstić information content (AvgIpc) is 3.54. The minimum atomic E-state index is -1.31. The van der Waals surface area contributed by atoms with Gasteiger partial charge in [-0.25, -0.2) is 4.79 Å². The van der Waals surface area contributed by atoms with Gasteiger partial charge in [0.05, 0.1) is 31.9 Å². The number of ketones is 1. The predicted molar refractivity (Wildman–Crippen MR) is 191 cm³/mol. The van der Waals surface area contributed by atoms with E-state index in [0.717, 1.165) is 5.56 Å². The number of Topliss-reactive ketones (excluding diaryl/α,β-unsaturated/α-hetero) is 1. The van der Waals surface area contributed by atoms with E-state index in [1.807, 2.05) is 44.2 Å². The molecule has 1 saturated heterocycles. The summed E-state index contributed by atoms with van der Waals surface area (Å²) >= 11 is 0. The van der Waals surface area contributed by atoms with Crippen LogP contribution in [0.5, 0.6) is 0 Å². The molecule has 0 radical (unpaired) electrons. The summed E-state index contributed by atoms with van der Waals surface area (Å²) in [6.45, 7) is 8.62. The smallest absolute Gasteiger partial charge is 0.407 e. The van der Waals surface area contributed by atoms with Crippen molar-refractivity contribution in [3.05, 3.63) is 35.9 Å². The zero-order valence-corrected chi connectivity index (χ0v) is 31.1. The van der Waals surface area contributed by atoms with E-state index >= 15 is 0 Å². The first-order valence-corrected chi connectivity index (χ1v) is 17.9. The van der Waals surface area contributed by atoms with Crippen LogP contribution in [0, 0.1) is 11.8 Å². The third-order valence-electron chi connectivity index (χ3n) is 8.34. The maximum atomic E-state index is 14.0. The Labute approximate surface area is 309 Å². The van der Waals surface area contributed by atoms with Crippen molar-refractivity contribution in [3.63, 3.8) is 0 Å². The van der Waals surface area contributed by atoms with Crippen molar-refractivity contribution in [1.29, 1.82) is 0 Å². The van der Waals surface area contributed by atoms with Gasteiger partial charge in [-0.1, -0.05) is 71.4 Å². The van der Waals surface area contributed by atoms with Gasteiger partial charge in [-0.05, 0) is 36.7 Å². The summed E-state index contributed by atoms with van der Waals surface area (Å²) in [4.78, 5) is 103. The number of hydrogen-bond acceptors (Lipinski definition) is 10. The van der Waals surface area contributed by atoms with Crippen molar-refractivity contribution in [3.8, 4) is 0 Å². The van der Waals surface area contributed by atoms with E-state index in [1.165, 1.54) is 4.90 Å². The summed E-state index contributed by atoms with van der Waals surface area (Å²) in [5.41, 5.74) is 6.17. The number of carbonyl (C=O) groups excluding carboxylic acids is 7. The molecule has 0 aliphatic carbocycles. The molecule has 1 heterocycles. The zero-order chi connectivity index (χ0) is 39.7. The molecule has 294 valence electrons. The fourth-order valence-electron chi connectivity index (χ4n) is 5.52. The third-order valence-corrected chi connectivity index (χ3v) is 8.34. The maximum absolute atomic E-state index is 14.0. The molecule has 1 aliphatic heterocycles. The lowest BCUT2D eigenvalue weighted by molar-refractivity contribution is -0.143. The number of primary amides is 1. The Morgan fingerprint density at radius 3 is 2.21 bits per heavy atom. The van der Waals surface area contributed by atoms with Crippen LogP contribution >= 0.6 is 0 Å². The lowest BCUT2D eigenvalue weighted by atomic mass is 10.0. The highest BCUT2D eigenvalue weighted by Gasteiger charge is 2.44. The Hall–Kier alpha value is -5.06. The number of hydrogen-bond donors (Lipinski definition) is 6. The van der Waals surface area contributed by atoms with Crippen molar-refractivity contribution in [2.24, 2.45) is 17.6 Å². The lowest BCUT2D eigenvalue weighted by Crippen LogP contribution is -2.57. The highest BCUT2D eigenvalue weighted by Crippen LogP contribution is 2.25. The first-order valence-electron chi connectivity index (χ1n) is 17.9. The fourth-order valence-corrected chi connectivity index (χ4v) is 5.52. The third kappa shape index (κ3) is 15.2. The molecular formula is C36H54N6O11. The second-order valence-corrected chi connectivity index (χ2v) is 13.7. The molecule has 7 N–H and O–H groups in total. The lowest BCUT2D eigenvalue weighted by Gasteiger charge is -2.31. The minimum Gasteiger partial charge on any atom is -0.481 e. The Balaban J connectivity index is 2.18. The first-order chi connectivity index (χ1) is 25.0. The predicted octanol–water partition coefficient (Wildman–Crippen LogP) is 0.775. The molecule has 1 fully saturated rings. The summed E-state index contributed by atoms with van der Waals surface area (Å²) in [5.74, 6) is -6.62. The molecule has 5 unspecified atom stereocenters. The van der Waals surface area contributed by atoms with Crippen LogP contribution < -0.4 is 27.0 Å². The molecule has 17 nitrogen and oxygen atoms in total. The molecule has 5 atom stereocenters. The molecule has 17 heteroatoms. The van der Waals surface area contributed by atoms with Gasteiger partial charge in [0.2, 0.25) is 29.4 Å². The fraction of sp³-hybridized carbons (Fsp3) is 0.611. The topological polar surface area (TPSA) is 253 Å². The summed E-state index contributed by atoms with van der Waals surface area (Å²) < 4.78 is 11.3. The summed E-state index contributed by atoms with van der Waals surface area (Å²) in [7, 11) is 0. The van der Waals surface area contributed by atoms with Crippen LogP contribution in [0.25, 0.3) is 0 Å². The van der Waals surface area contributed by atoms with E-state index in [-0.39, 0.29) is 63.7 Å². The van der Waals surface area contributed by atoms with Crippen molar-refractivity contribution >= 4 is 47.4 Å². The highest BCUT2D eigenvalue weighted by atomic mass is 16.5. The number of carboxylic acid groups (broad SMARTS) is 1. The minimum absolute atomic E-state index is 0.0142. The monoisotopic (exact) mass is 746 g/mol. The molecular weight excluding hydrogens is 692 g/mol. The van der Waals surface area contributed by atoms with E-state index in [2.05, 4.69) is 21.3 Å². The van der Waals surface area contributed by atoms with Gasteiger partial charge in [0.15, 0.2) is 0 Å². The van der Waals surface area contributed by atoms with E-state index in [4.69, 9.17) is 20.3 Å². The largest absolute Gasteiger partial charge is 0.481 e. The van der Waals surface area contributed by atoms with E-state index in [1.54, 1.807) is 20.8 Å². The molecule has 0 bridgehead atoms. The normalized spacial score (nSPS) is 17.0. The zero-order valence-electron chi connectivity index (χ0n) is 31.1. The van der Waals surface area contributed by atoms with Crippen LogP contribution in [0.1, 0.15) is 78.7 Å². The van der Waals surface area contributed by atoms with Gasteiger partial charge in [-0.15, -0.1) is 0 Å². The van der Waals surface area contributed by atoms with Gasteiger partial charge >= 0.3 is 12.1 Å². The number of alkyl carbamates (subject to hydrolysis) is 1. The van der Waals surface area contributed by atoms with Crippen LogP contribution in [0.4, 0.5) is 4.79 Å². The number of carboxylic acids is 1. The Bertz CT molecular complexity index is 1440. The number of aliphatic carboxylic acids is 1. The van der Waals surface area contributed by atoms with E-state index < -0.39 is 84.2 Å². The quantitative estimate of drug-likeness (QED) is 0.0904. The average molecular weight is 747 g/mol. The standard InChI is InChI=1S/C36H54N6O11/c1-6-11-25(31(46)34(49)38-17-28(43)39-26(32(37)47)14-10-15-29(44)45)40-33(48)27-16-24(52-20-23-12-8-7-9-13-23)18-42(27)35(50)30(22(4)5)41-36(51)53-19-21(2)3/h7-9,12-13,21-22,24-27,30H,6,10-11,14-20H2,1-5H3,(H2,37,47)(H,38,49)(H,39,43)(H,40,48)(H,41,51)(H,44,45). The van der Waals surface area contributed by atoms with Crippen LogP contribution in [0.3, 0.4) is 0 Å². The van der Waals surface area contributed by atoms with Crippen LogP contribution in [0.2, 0.25) is 0 Å². The molecule has 0 saturated carbocycles. The SMILES string of the molecule is CCCC(NC(=O)C1CC(OCc2ccccc2)CN1C(=O)C(NC(=O)OCC(C)C)C(C)C)C(=O)C(=O)NCC(=O)NC(CCCC(=O)O)C(N)=O. The second-order valence-electron chi connectivity index (χ2n) is 13.7. The molecule has 1 aromatic rings. The number of benzene rings is 1. The molecule has 0 aromatic heterocycles. The van der Waals surface area contributed by atoms with Crippen LogP contribution in [-0.2, 0) is 49.6 Å². The van der Waals surface area contributed by atoms with E-state index in [9.17, 15) is 38.4 Å². The van der Waals surface area contributed by atoms with Crippen LogP contribution in [-0.4, -0.2) is 107 Å². The van der Waals surface area contributed by atoms with Gasteiger partial charge < -0.3 is 46.5 Å². The second kappa shape index (κ2) is 22.1. The number of nitrogens with zero attached hydrogens (tertiary/aromatic N) is 1. The number of likely N-dealkylation sites (tertiary alicyclic amines) is 1.